The highest BCUT2D eigenvalue weighted by Gasteiger charge is 2.11. The Morgan fingerprint density at radius 1 is 1.03 bits per heavy atom. The molecule has 0 aliphatic rings. The first-order chi connectivity index (χ1) is 17.7. The number of rotatable bonds is 11. The van der Waals surface area contributed by atoms with Gasteiger partial charge < -0.3 is 14.8 Å². The number of nitro groups is 1. The molecule has 3 aromatic carbocycles. The van der Waals surface area contributed by atoms with E-state index < -0.39 is 23.2 Å². The maximum atomic E-state index is 12.1. The van der Waals surface area contributed by atoms with Crippen LogP contribution in [0.1, 0.15) is 30.0 Å². The first-order valence-electron chi connectivity index (χ1n) is 11.3. The molecule has 0 spiro atoms. The van der Waals surface area contributed by atoms with E-state index in [4.69, 9.17) is 21.1 Å². The van der Waals surface area contributed by atoms with Crippen LogP contribution in [0.15, 0.2) is 65.8 Å². The van der Waals surface area contributed by atoms with Crippen LogP contribution in [0.4, 0.5) is 11.4 Å². The van der Waals surface area contributed by atoms with Gasteiger partial charge in [-0.1, -0.05) is 17.7 Å². The van der Waals surface area contributed by atoms with E-state index in [1.807, 2.05) is 13.8 Å². The Balaban J connectivity index is 1.54. The van der Waals surface area contributed by atoms with Gasteiger partial charge in [-0.2, -0.15) is 5.10 Å². The van der Waals surface area contributed by atoms with E-state index in [2.05, 4.69) is 15.8 Å². The van der Waals surface area contributed by atoms with Crippen LogP contribution in [-0.2, 0) is 16.2 Å². The number of amides is 2. The molecule has 10 nitrogen and oxygen atoms in total. The Morgan fingerprint density at radius 3 is 2.46 bits per heavy atom. The van der Waals surface area contributed by atoms with Gasteiger partial charge in [0.05, 0.1) is 17.7 Å². The van der Waals surface area contributed by atoms with E-state index in [0.717, 1.165) is 11.1 Å². The van der Waals surface area contributed by atoms with Gasteiger partial charge in [0.2, 0.25) is 11.8 Å². The molecule has 192 valence electrons. The molecule has 3 aromatic rings. The zero-order valence-corrected chi connectivity index (χ0v) is 20.9. The van der Waals surface area contributed by atoms with Crippen molar-refractivity contribution in [2.75, 3.05) is 11.9 Å². The minimum atomic E-state index is -0.583. The zero-order valence-electron chi connectivity index (χ0n) is 20.2. The highest BCUT2D eigenvalue weighted by molar-refractivity contribution is 6.31. The van der Waals surface area contributed by atoms with Crippen molar-refractivity contribution < 1.29 is 24.0 Å². The number of hydrogen-bond acceptors (Lipinski definition) is 7. The van der Waals surface area contributed by atoms with Crippen molar-refractivity contribution in [1.29, 1.82) is 0 Å². The van der Waals surface area contributed by atoms with Crippen molar-refractivity contribution in [1.82, 2.24) is 5.43 Å². The third-order valence-corrected chi connectivity index (χ3v) is 5.40. The van der Waals surface area contributed by atoms with Crippen LogP contribution in [0.3, 0.4) is 0 Å². The topological polar surface area (TPSA) is 132 Å². The maximum Gasteiger partial charge on any atom is 0.269 e. The van der Waals surface area contributed by atoms with Crippen LogP contribution in [-0.4, -0.2) is 29.6 Å². The minimum Gasteiger partial charge on any atom is -0.490 e. The molecule has 0 fully saturated rings. The summed E-state index contributed by atoms with van der Waals surface area (Å²) in [5.74, 6) is -0.133. The number of carbonyl (C=O) groups is 2. The van der Waals surface area contributed by atoms with Crippen LogP contribution in [0.2, 0.25) is 5.02 Å². The van der Waals surface area contributed by atoms with Gasteiger partial charge in [-0.3, -0.25) is 19.7 Å². The maximum absolute atomic E-state index is 12.1. The van der Waals surface area contributed by atoms with Crippen molar-refractivity contribution in [2.24, 2.45) is 5.10 Å². The van der Waals surface area contributed by atoms with Crippen molar-refractivity contribution >= 4 is 41.0 Å². The second kappa shape index (κ2) is 13.0. The molecule has 2 N–H and O–H groups in total. The highest BCUT2D eigenvalue weighted by atomic mass is 35.5. The Labute approximate surface area is 218 Å². The molecule has 0 heterocycles. The van der Waals surface area contributed by atoms with Crippen LogP contribution in [0, 0.1) is 17.0 Å². The Morgan fingerprint density at radius 2 is 1.78 bits per heavy atom. The van der Waals surface area contributed by atoms with Crippen LogP contribution >= 0.6 is 11.6 Å². The number of hydrogen-bond donors (Lipinski definition) is 2. The largest absolute Gasteiger partial charge is 0.490 e. The first kappa shape index (κ1) is 27.2. The molecular formula is C26H25ClN4O6. The Bertz CT molecular complexity index is 1310. The van der Waals surface area contributed by atoms with Gasteiger partial charge >= 0.3 is 0 Å². The summed E-state index contributed by atoms with van der Waals surface area (Å²) in [4.78, 5) is 34.5. The number of nitro benzene ring substituents is 1. The summed E-state index contributed by atoms with van der Waals surface area (Å²) in [6.45, 7) is 4.26. The molecular weight excluding hydrogens is 500 g/mol. The van der Waals surface area contributed by atoms with E-state index in [0.29, 0.717) is 34.4 Å². The third-order valence-electron chi connectivity index (χ3n) is 4.99. The quantitative estimate of drug-likeness (QED) is 0.157. The van der Waals surface area contributed by atoms with E-state index in [9.17, 15) is 19.7 Å². The standard InChI is InChI=1S/C26H25ClN4O6/c1-3-36-24-12-19(7-11-23(24)37-16-18-5-9-21(10-6-18)31(34)35)15-28-30-26(33)14-25(32)29-20-8-4-17(2)22(27)13-20/h4-13,15H,3,14,16H2,1-2H3,(H,29,32)(H,30,33). The lowest BCUT2D eigenvalue weighted by Crippen LogP contribution is -2.24. The molecule has 0 bridgehead atoms. The number of hydrazone groups is 1. The number of halogens is 1. The third kappa shape index (κ3) is 8.32. The number of nitrogens with one attached hydrogen (secondary N) is 2. The van der Waals surface area contributed by atoms with Crippen molar-refractivity contribution in [3.8, 4) is 11.5 Å². The van der Waals surface area contributed by atoms with E-state index in [1.165, 1.54) is 18.3 Å². The van der Waals surface area contributed by atoms with Crippen molar-refractivity contribution in [3.63, 3.8) is 0 Å². The molecule has 3 rings (SSSR count). The summed E-state index contributed by atoms with van der Waals surface area (Å²) in [6.07, 6.45) is 1.00. The number of nitrogens with zero attached hydrogens (tertiary/aromatic N) is 2. The Kier molecular flexibility index (Phi) is 9.56. The lowest BCUT2D eigenvalue weighted by molar-refractivity contribution is -0.384. The van der Waals surface area contributed by atoms with Crippen LogP contribution in [0.25, 0.3) is 0 Å². The van der Waals surface area contributed by atoms with E-state index >= 15 is 0 Å². The average Bonchev–Trinajstić information content (AvgIpc) is 2.86. The normalized spacial score (nSPS) is 10.7. The molecule has 0 aliphatic heterocycles. The van der Waals surface area contributed by atoms with Gasteiger partial charge in [0, 0.05) is 22.8 Å². The SMILES string of the molecule is CCOc1cc(C=NNC(=O)CC(=O)Nc2ccc(C)c(Cl)c2)ccc1OCc1ccc([N+](=O)[O-])cc1. The van der Waals surface area contributed by atoms with Crippen LogP contribution in [0.5, 0.6) is 11.5 Å². The van der Waals surface area contributed by atoms with Gasteiger partial charge in [-0.05, 0) is 73.0 Å². The number of anilines is 1. The summed E-state index contributed by atoms with van der Waals surface area (Å²) in [5, 5.41) is 17.8. The number of carbonyl (C=O) groups excluding carboxylic acids is 2. The lowest BCUT2D eigenvalue weighted by Gasteiger charge is -2.12. The van der Waals surface area contributed by atoms with Gasteiger partial charge in [-0.15, -0.1) is 0 Å². The zero-order chi connectivity index (χ0) is 26.8. The number of ether oxygens (including phenoxy) is 2. The first-order valence-corrected chi connectivity index (χ1v) is 11.6. The number of non-ortho nitro benzene ring substituents is 1. The fourth-order valence-electron chi connectivity index (χ4n) is 3.11. The van der Waals surface area contributed by atoms with Crippen LogP contribution < -0.4 is 20.2 Å². The van der Waals surface area contributed by atoms with Gasteiger partial charge in [-0.25, -0.2) is 5.43 Å². The second-order valence-electron chi connectivity index (χ2n) is 7.83. The fourth-order valence-corrected chi connectivity index (χ4v) is 3.29. The number of benzene rings is 3. The fraction of sp³-hybridized carbons (Fsp3) is 0.192. The molecule has 0 aromatic heterocycles. The van der Waals surface area contributed by atoms with Gasteiger partial charge in [0.15, 0.2) is 11.5 Å². The predicted octanol–water partition coefficient (Wildman–Crippen LogP) is 5.01. The summed E-state index contributed by atoms with van der Waals surface area (Å²) < 4.78 is 11.5. The van der Waals surface area contributed by atoms with Gasteiger partial charge in [0.1, 0.15) is 13.0 Å². The highest BCUT2D eigenvalue weighted by Crippen LogP contribution is 2.29. The molecule has 0 saturated heterocycles. The molecule has 0 aliphatic carbocycles. The minimum absolute atomic E-state index is 0.00583. The monoisotopic (exact) mass is 524 g/mol. The molecule has 2 amide bonds. The lowest BCUT2D eigenvalue weighted by atomic mass is 10.2. The average molecular weight is 525 g/mol. The summed E-state index contributed by atoms with van der Waals surface area (Å²) >= 11 is 6.04. The molecule has 0 radical (unpaired) electrons. The number of aryl methyl sites for hydroxylation is 1. The van der Waals surface area contributed by atoms with E-state index in [1.54, 1.807) is 48.5 Å². The van der Waals surface area contributed by atoms with E-state index in [-0.39, 0.29) is 12.3 Å². The summed E-state index contributed by atoms with van der Waals surface area (Å²) in [7, 11) is 0. The van der Waals surface area contributed by atoms with Crippen molar-refractivity contribution in [3.05, 3.63) is 92.5 Å². The van der Waals surface area contributed by atoms with Gasteiger partial charge in [0.25, 0.3) is 5.69 Å². The second-order valence-corrected chi connectivity index (χ2v) is 8.24. The molecule has 37 heavy (non-hydrogen) atoms. The predicted molar refractivity (Wildman–Crippen MR) is 140 cm³/mol. The summed E-state index contributed by atoms with van der Waals surface area (Å²) in [6, 6.07) is 16.3. The Hall–Kier alpha value is -4.44. The molecule has 0 atom stereocenters. The van der Waals surface area contributed by atoms with Crippen molar-refractivity contribution in [2.45, 2.75) is 26.9 Å². The molecule has 0 unspecified atom stereocenters. The molecule has 0 saturated carbocycles. The molecule has 11 heteroatoms. The summed E-state index contributed by atoms with van der Waals surface area (Å²) in [5.41, 5.74) is 5.09. The smallest absolute Gasteiger partial charge is 0.269 e.